The van der Waals surface area contributed by atoms with Crippen molar-refractivity contribution in [3.8, 4) is 17.4 Å². The van der Waals surface area contributed by atoms with Gasteiger partial charge in [0.25, 0.3) is 0 Å². The molecule has 0 spiro atoms. The van der Waals surface area contributed by atoms with Crippen LogP contribution in [0, 0.1) is 6.92 Å². The maximum absolute atomic E-state index is 6.04. The number of benzene rings is 2. The molecule has 0 amide bonds. The topological polar surface area (TPSA) is 72.1 Å². The van der Waals surface area contributed by atoms with E-state index < -0.39 is 0 Å². The molecule has 26 heavy (non-hydrogen) atoms. The second-order valence-electron chi connectivity index (χ2n) is 5.88. The summed E-state index contributed by atoms with van der Waals surface area (Å²) in [6, 6.07) is 19.3. The van der Waals surface area contributed by atoms with Crippen LogP contribution in [0.15, 0.2) is 60.7 Å². The summed E-state index contributed by atoms with van der Waals surface area (Å²) in [5.74, 6) is 3.33. The van der Waals surface area contributed by atoms with Crippen LogP contribution in [-0.4, -0.2) is 22.3 Å². The minimum Gasteiger partial charge on any atom is -0.497 e. The summed E-state index contributed by atoms with van der Waals surface area (Å²) in [7, 11) is 1.64. The Hall–Kier alpha value is -3.54. The number of H-pyrrole nitrogens is 1. The van der Waals surface area contributed by atoms with E-state index in [4.69, 9.17) is 9.47 Å². The summed E-state index contributed by atoms with van der Waals surface area (Å²) in [4.78, 5) is 4.63. The molecule has 0 aliphatic rings. The maximum atomic E-state index is 6.04. The van der Waals surface area contributed by atoms with Crippen LogP contribution in [0.2, 0.25) is 0 Å². The minimum atomic E-state index is 0.502. The third-order valence-corrected chi connectivity index (χ3v) is 3.92. The number of aromatic nitrogens is 3. The van der Waals surface area contributed by atoms with Crippen LogP contribution in [0.25, 0.3) is 10.8 Å². The Bertz CT molecular complexity index is 1040. The predicted octanol–water partition coefficient (Wildman–Crippen LogP) is 4.81. The standard InChI is InChI=1S/C20H18N4O2/c1-13-10-19(24-23-13)21-18-11-14-8-9-16(25-2)12-17(14)20(22-18)26-15-6-4-3-5-7-15/h3-12H,1-2H3,(H2,21,22,23,24). The summed E-state index contributed by atoms with van der Waals surface area (Å²) >= 11 is 0. The lowest BCUT2D eigenvalue weighted by atomic mass is 10.1. The van der Waals surface area contributed by atoms with E-state index in [1.165, 1.54) is 0 Å². The Morgan fingerprint density at radius 3 is 2.50 bits per heavy atom. The summed E-state index contributed by atoms with van der Waals surface area (Å²) in [6.07, 6.45) is 0. The van der Waals surface area contributed by atoms with E-state index >= 15 is 0 Å². The number of rotatable bonds is 5. The minimum absolute atomic E-state index is 0.502. The van der Waals surface area contributed by atoms with Crippen LogP contribution in [-0.2, 0) is 0 Å². The number of ether oxygens (including phenoxy) is 2. The second kappa shape index (κ2) is 6.76. The molecule has 4 rings (SSSR count). The molecule has 0 bridgehead atoms. The largest absolute Gasteiger partial charge is 0.497 e. The van der Waals surface area contributed by atoms with Crippen molar-refractivity contribution in [1.82, 2.24) is 15.2 Å². The number of hydrogen-bond donors (Lipinski definition) is 2. The van der Waals surface area contributed by atoms with Crippen molar-refractivity contribution >= 4 is 22.4 Å². The lowest BCUT2D eigenvalue weighted by Gasteiger charge is -2.12. The number of fused-ring (bicyclic) bond motifs is 1. The number of para-hydroxylation sites is 1. The van der Waals surface area contributed by atoms with E-state index in [0.717, 1.165) is 28.0 Å². The van der Waals surface area contributed by atoms with Gasteiger partial charge in [0.15, 0.2) is 5.82 Å². The molecular formula is C20H18N4O2. The fourth-order valence-electron chi connectivity index (χ4n) is 2.68. The molecule has 0 radical (unpaired) electrons. The highest BCUT2D eigenvalue weighted by atomic mass is 16.5. The average Bonchev–Trinajstić information content (AvgIpc) is 3.07. The first kappa shape index (κ1) is 16.0. The quantitative estimate of drug-likeness (QED) is 0.542. The van der Waals surface area contributed by atoms with Gasteiger partial charge in [-0.25, -0.2) is 0 Å². The Labute approximate surface area is 150 Å². The fraction of sp³-hybridized carbons (Fsp3) is 0.100. The molecular weight excluding hydrogens is 328 g/mol. The molecule has 0 fully saturated rings. The van der Waals surface area contributed by atoms with Gasteiger partial charge in [0.2, 0.25) is 5.88 Å². The molecule has 2 N–H and O–H groups in total. The maximum Gasteiger partial charge on any atom is 0.229 e. The average molecular weight is 346 g/mol. The number of anilines is 2. The molecule has 6 heteroatoms. The zero-order chi connectivity index (χ0) is 17.9. The molecule has 0 saturated heterocycles. The van der Waals surface area contributed by atoms with Gasteiger partial charge in [0, 0.05) is 17.1 Å². The van der Waals surface area contributed by atoms with Crippen molar-refractivity contribution in [2.45, 2.75) is 6.92 Å². The number of nitrogens with one attached hydrogen (secondary N) is 2. The summed E-state index contributed by atoms with van der Waals surface area (Å²) in [5, 5.41) is 12.2. The Morgan fingerprint density at radius 1 is 0.923 bits per heavy atom. The molecule has 2 aromatic carbocycles. The van der Waals surface area contributed by atoms with Crippen molar-refractivity contribution in [2.24, 2.45) is 0 Å². The Morgan fingerprint density at radius 2 is 1.77 bits per heavy atom. The highest BCUT2D eigenvalue weighted by Crippen LogP contribution is 2.33. The molecule has 2 heterocycles. The predicted molar refractivity (Wildman–Crippen MR) is 101 cm³/mol. The third-order valence-electron chi connectivity index (χ3n) is 3.92. The van der Waals surface area contributed by atoms with E-state index in [9.17, 15) is 0 Å². The molecule has 0 atom stereocenters. The number of nitrogens with zero attached hydrogens (tertiary/aromatic N) is 2. The highest BCUT2D eigenvalue weighted by Gasteiger charge is 2.11. The summed E-state index contributed by atoms with van der Waals surface area (Å²) < 4.78 is 11.4. The van der Waals surface area contributed by atoms with Crippen LogP contribution in [0.3, 0.4) is 0 Å². The van der Waals surface area contributed by atoms with E-state index in [1.54, 1.807) is 7.11 Å². The van der Waals surface area contributed by atoms with Gasteiger partial charge in [-0.05, 0) is 42.6 Å². The van der Waals surface area contributed by atoms with Gasteiger partial charge in [0.05, 0.1) is 7.11 Å². The lowest BCUT2D eigenvalue weighted by Crippen LogP contribution is -1.97. The molecule has 0 aliphatic heterocycles. The van der Waals surface area contributed by atoms with Gasteiger partial charge < -0.3 is 14.8 Å². The van der Waals surface area contributed by atoms with Crippen molar-refractivity contribution in [1.29, 1.82) is 0 Å². The van der Waals surface area contributed by atoms with Gasteiger partial charge in [0.1, 0.15) is 17.3 Å². The lowest BCUT2D eigenvalue weighted by molar-refractivity contribution is 0.415. The van der Waals surface area contributed by atoms with E-state index in [2.05, 4.69) is 20.5 Å². The normalized spacial score (nSPS) is 10.7. The number of hydrogen-bond acceptors (Lipinski definition) is 5. The number of methoxy groups -OCH3 is 1. The molecule has 130 valence electrons. The summed E-state index contributed by atoms with van der Waals surface area (Å²) in [6.45, 7) is 1.95. The van der Waals surface area contributed by atoms with Gasteiger partial charge in [-0.15, -0.1) is 0 Å². The van der Waals surface area contributed by atoms with E-state index in [0.29, 0.717) is 17.5 Å². The van der Waals surface area contributed by atoms with Crippen molar-refractivity contribution in [3.05, 3.63) is 66.4 Å². The molecule has 0 unspecified atom stereocenters. The monoisotopic (exact) mass is 346 g/mol. The van der Waals surface area contributed by atoms with Gasteiger partial charge in [-0.1, -0.05) is 24.3 Å². The second-order valence-corrected chi connectivity index (χ2v) is 5.88. The Kier molecular flexibility index (Phi) is 4.15. The van der Waals surface area contributed by atoms with Crippen molar-refractivity contribution in [3.63, 3.8) is 0 Å². The number of pyridine rings is 1. The number of aromatic amines is 1. The van der Waals surface area contributed by atoms with E-state index in [1.807, 2.05) is 67.6 Å². The van der Waals surface area contributed by atoms with Crippen LogP contribution in [0.4, 0.5) is 11.6 Å². The first-order chi connectivity index (χ1) is 12.7. The van der Waals surface area contributed by atoms with Crippen molar-refractivity contribution < 1.29 is 9.47 Å². The molecule has 0 saturated carbocycles. The smallest absolute Gasteiger partial charge is 0.229 e. The van der Waals surface area contributed by atoms with E-state index in [-0.39, 0.29) is 0 Å². The first-order valence-electron chi connectivity index (χ1n) is 8.22. The van der Waals surface area contributed by atoms with Crippen LogP contribution < -0.4 is 14.8 Å². The molecule has 0 aliphatic carbocycles. The van der Waals surface area contributed by atoms with Crippen LogP contribution in [0.5, 0.6) is 17.4 Å². The van der Waals surface area contributed by atoms with Gasteiger partial charge in [-0.3, -0.25) is 5.10 Å². The fourth-order valence-corrected chi connectivity index (χ4v) is 2.68. The zero-order valence-electron chi connectivity index (χ0n) is 14.5. The Balaban J connectivity index is 1.79. The van der Waals surface area contributed by atoms with Crippen molar-refractivity contribution in [2.75, 3.05) is 12.4 Å². The summed E-state index contributed by atoms with van der Waals surface area (Å²) in [5.41, 5.74) is 0.971. The molecule has 4 aromatic rings. The highest BCUT2D eigenvalue weighted by molar-refractivity contribution is 5.90. The SMILES string of the molecule is COc1ccc2cc(Nc3cc(C)[nH]n3)nc(Oc3ccccc3)c2c1. The number of aryl methyl sites for hydroxylation is 1. The van der Waals surface area contributed by atoms with Gasteiger partial charge >= 0.3 is 0 Å². The molecule has 2 aromatic heterocycles. The van der Waals surface area contributed by atoms with Crippen LogP contribution >= 0.6 is 0 Å². The van der Waals surface area contributed by atoms with Crippen LogP contribution in [0.1, 0.15) is 5.69 Å². The third kappa shape index (κ3) is 3.30. The zero-order valence-corrected chi connectivity index (χ0v) is 14.5. The van der Waals surface area contributed by atoms with Gasteiger partial charge in [-0.2, -0.15) is 10.1 Å². The molecule has 6 nitrogen and oxygen atoms in total. The first-order valence-corrected chi connectivity index (χ1v) is 8.22.